The molecule has 1 aliphatic carbocycles. The minimum absolute atomic E-state index is 0.138. The average Bonchev–Trinajstić information content (AvgIpc) is 3.65. The number of halogens is 3. The molecule has 1 atom stereocenters. The Labute approximate surface area is 197 Å². The van der Waals surface area contributed by atoms with Gasteiger partial charge >= 0.3 is 6.36 Å². The van der Waals surface area contributed by atoms with Crippen LogP contribution in [0.3, 0.4) is 0 Å². The number of alkyl halides is 3. The summed E-state index contributed by atoms with van der Waals surface area (Å²) in [6.07, 6.45) is -0.357. The van der Waals surface area contributed by atoms with Crippen LogP contribution >= 0.6 is 11.8 Å². The summed E-state index contributed by atoms with van der Waals surface area (Å²) in [6.45, 7) is 0.156. The van der Waals surface area contributed by atoms with Gasteiger partial charge in [0, 0.05) is 23.4 Å². The maximum atomic E-state index is 13.0. The van der Waals surface area contributed by atoms with E-state index in [0.29, 0.717) is 22.1 Å². The van der Waals surface area contributed by atoms with E-state index in [1.807, 2.05) is 0 Å². The fourth-order valence-corrected chi connectivity index (χ4v) is 4.00. The second kappa shape index (κ2) is 9.98. The molecular formula is C23H21F3N2O5S. The molecule has 0 spiro atoms. The minimum atomic E-state index is -4.78. The van der Waals surface area contributed by atoms with Gasteiger partial charge in [0.25, 0.3) is 5.56 Å². The van der Waals surface area contributed by atoms with Gasteiger partial charge in [0.05, 0.1) is 18.9 Å². The number of benzene rings is 2. The second-order valence-electron chi connectivity index (χ2n) is 7.58. The van der Waals surface area contributed by atoms with Gasteiger partial charge in [0.2, 0.25) is 0 Å². The van der Waals surface area contributed by atoms with E-state index in [4.69, 9.17) is 9.47 Å². The van der Waals surface area contributed by atoms with Crippen molar-refractivity contribution >= 4 is 11.8 Å². The number of rotatable bonds is 9. The number of aliphatic hydroxyl groups is 1. The molecule has 0 amide bonds. The van der Waals surface area contributed by atoms with Crippen LogP contribution in [0.5, 0.6) is 17.2 Å². The fraction of sp³-hybridized carbons (Fsp3) is 0.304. The lowest BCUT2D eigenvalue weighted by Gasteiger charge is -2.15. The van der Waals surface area contributed by atoms with Crippen LogP contribution in [0.25, 0.3) is 5.69 Å². The van der Waals surface area contributed by atoms with Crippen LogP contribution in [0.1, 0.15) is 12.8 Å². The van der Waals surface area contributed by atoms with Crippen molar-refractivity contribution in [2.24, 2.45) is 5.92 Å². The highest BCUT2D eigenvalue weighted by Gasteiger charge is 2.31. The van der Waals surface area contributed by atoms with Gasteiger partial charge < -0.3 is 19.3 Å². The number of aromatic nitrogens is 2. The highest BCUT2D eigenvalue weighted by molar-refractivity contribution is 7.99. The van der Waals surface area contributed by atoms with E-state index in [-0.39, 0.29) is 23.3 Å². The smallest absolute Gasteiger partial charge is 0.493 e. The van der Waals surface area contributed by atoms with Crippen molar-refractivity contribution in [1.82, 2.24) is 9.55 Å². The highest BCUT2D eigenvalue weighted by Crippen LogP contribution is 2.34. The van der Waals surface area contributed by atoms with Gasteiger partial charge in [-0.05, 0) is 55.2 Å². The molecule has 0 saturated heterocycles. The first-order valence-corrected chi connectivity index (χ1v) is 11.2. The lowest BCUT2D eigenvalue weighted by atomic mass is 10.2. The first-order valence-electron chi connectivity index (χ1n) is 10.3. The Hall–Kier alpha value is -3.18. The zero-order valence-electron chi connectivity index (χ0n) is 18.0. The van der Waals surface area contributed by atoms with Crippen molar-refractivity contribution in [3.8, 4) is 22.9 Å². The first kappa shape index (κ1) is 24.0. The van der Waals surface area contributed by atoms with Crippen LogP contribution in [0, 0.1) is 5.92 Å². The first-order chi connectivity index (χ1) is 16.2. The van der Waals surface area contributed by atoms with Gasteiger partial charge in [0.1, 0.15) is 12.4 Å². The van der Waals surface area contributed by atoms with Crippen LogP contribution in [-0.4, -0.2) is 40.8 Å². The summed E-state index contributed by atoms with van der Waals surface area (Å²) in [7, 11) is 1.48. The number of nitrogens with zero attached hydrogens (tertiary/aromatic N) is 2. The molecule has 11 heteroatoms. The molecule has 1 aliphatic rings. The van der Waals surface area contributed by atoms with Gasteiger partial charge in [-0.15, -0.1) is 13.2 Å². The van der Waals surface area contributed by atoms with Crippen LogP contribution < -0.4 is 19.8 Å². The average molecular weight is 494 g/mol. The Morgan fingerprint density at radius 1 is 1.18 bits per heavy atom. The normalized spacial score (nSPS) is 14.5. The summed E-state index contributed by atoms with van der Waals surface area (Å²) in [4.78, 5) is 17.6. The Balaban J connectivity index is 1.51. The summed E-state index contributed by atoms with van der Waals surface area (Å²) in [5.74, 6) is 0.779. The van der Waals surface area contributed by atoms with Crippen molar-refractivity contribution in [2.45, 2.75) is 35.2 Å². The van der Waals surface area contributed by atoms with Gasteiger partial charge in [-0.3, -0.25) is 9.36 Å². The van der Waals surface area contributed by atoms with Crippen LogP contribution in [0.4, 0.5) is 13.2 Å². The lowest BCUT2D eigenvalue weighted by molar-refractivity contribution is -0.274. The van der Waals surface area contributed by atoms with E-state index in [1.54, 1.807) is 18.2 Å². The topological polar surface area (TPSA) is 82.8 Å². The van der Waals surface area contributed by atoms with Crippen LogP contribution in [0.2, 0.25) is 0 Å². The zero-order chi connectivity index (χ0) is 24.3. The lowest BCUT2D eigenvalue weighted by Crippen LogP contribution is -2.21. The summed E-state index contributed by atoms with van der Waals surface area (Å²) in [5.41, 5.74) is 0.0955. The van der Waals surface area contributed by atoms with Gasteiger partial charge in [-0.25, -0.2) is 4.98 Å². The van der Waals surface area contributed by atoms with E-state index in [2.05, 4.69) is 9.72 Å². The van der Waals surface area contributed by atoms with Crippen molar-refractivity contribution in [3.63, 3.8) is 0 Å². The second-order valence-corrected chi connectivity index (χ2v) is 8.64. The van der Waals surface area contributed by atoms with Gasteiger partial charge in [0.15, 0.2) is 16.5 Å². The quantitative estimate of drug-likeness (QED) is 0.471. The molecular weight excluding hydrogens is 473 g/mol. The molecule has 1 saturated carbocycles. The summed E-state index contributed by atoms with van der Waals surface area (Å²) < 4.78 is 53.3. The van der Waals surface area contributed by atoms with E-state index < -0.39 is 18.0 Å². The summed E-state index contributed by atoms with van der Waals surface area (Å²) in [5, 5.41) is 10.2. The van der Waals surface area contributed by atoms with E-state index >= 15 is 0 Å². The predicted molar refractivity (Wildman–Crippen MR) is 118 cm³/mol. The standard InChI is InChI=1S/C23H21F3N2O5S/c1-31-20-12-15(4-9-19(20)32-13-18(29)14-2-3-14)28-11-10-27-21(22(28)30)34-17-7-5-16(6-8-17)33-23(24,25)26/h4-12,14,18,29H,2-3,13H2,1H3. The number of methoxy groups -OCH3 is 1. The highest BCUT2D eigenvalue weighted by atomic mass is 32.2. The maximum absolute atomic E-state index is 13.0. The third-order valence-electron chi connectivity index (χ3n) is 5.08. The number of aliphatic hydroxyl groups excluding tert-OH is 1. The van der Waals surface area contributed by atoms with Crippen molar-refractivity contribution < 1.29 is 32.5 Å². The molecule has 0 aliphatic heterocycles. The van der Waals surface area contributed by atoms with E-state index in [1.165, 1.54) is 48.3 Å². The minimum Gasteiger partial charge on any atom is -0.493 e. The maximum Gasteiger partial charge on any atom is 0.573 e. The number of hydrogen-bond donors (Lipinski definition) is 1. The Bertz CT molecular complexity index is 1200. The fourth-order valence-electron chi connectivity index (χ4n) is 3.21. The van der Waals surface area contributed by atoms with Gasteiger partial charge in [-0.1, -0.05) is 11.8 Å². The molecule has 34 heavy (non-hydrogen) atoms. The molecule has 2 aromatic carbocycles. The molecule has 4 rings (SSSR count). The Morgan fingerprint density at radius 3 is 2.56 bits per heavy atom. The molecule has 1 N–H and O–H groups in total. The molecule has 1 heterocycles. The predicted octanol–water partition coefficient (Wildman–Crippen LogP) is 4.44. The Kier molecular flexibility index (Phi) is 7.03. The van der Waals surface area contributed by atoms with Crippen LogP contribution in [0.15, 0.2) is 69.6 Å². The molecule has 7 nitrogen and oxygen atoms in total. The van der Waals surface area contributed by atoms with E-state index in [9.17, 15) is 23.1 Å². The third kappa shape index (κ3) is 6.03. The molecule has 1 aromatic heterocycles. The molecule has 180 valence electrons. The van der Waals surface area contributed by atoms with E-state index in [0.717, 1.165) is 24.6 Å². The monoisotopic (exact) mass is 494 g/mol. The number of hydrogen-bond acceptors (Lipinski definition) is 7. The zero-order valence-corrected chi connectivity index (χ0v) is 18.8. The number of ether oxygens (including phenoxy) is 3. The SMILES string of the molecule is COc1cc(-n2ccnc(Sc3ccc(OC(F)(F)F)cc3)c2=O)ccc1OCC(O)C1CC1. The molecule has 1 unspecified atom stereocenters. The largest absolute Gasteiger partial charge is 0.573 e. The molecule has 0 radical (unpaired) electrons. The summed E-state index contributed by atoms with van der Waals surface area (Å²) in [6, 6.07) is 10.1. The van der Waals surface area contributed by atoms with Crippen molar-refractivity contribution in [2.75, 3.05) is 13.7 Å². The molecule has 0 bridgehead atoms. The Morgan fingerprint density at radius 2 is 1.91 bits per heavy atom. The van der Waals surface area contributed by atoms with Crippen LogP contribution in [-0.2, 0) is 0 Å². The molecule has 3 aromatic rings. The van der Waals surface area contributed by atoms with Gasteiger partial charge in [-0.2, -0.15) is 0 Å². The third-order valence-corrected chi connectivity index (χ3v) is 6.06. The molecule has 1 fully saturated rings. The van der Waals surface area contributed by atoms with Crippen molar-refractivity contribution in [1.29, 1.82) is 0 Å². The van der Waals surface area contributed by atoms with Crippen molar-refractivity contribution in [3.05, 3.63) is 65.2 Å². The summed E-state index contributed by atoms with van der Waals surface area (Å²) >= 11 is 1.02.